The summed E-state index contributed by atoms with van der Waals surface area (Å²) in [7, 11) is -2.15. The quantitative estimate of drug-likeness (QED) is 0.458. The summed E-state index contributed by atoms with van der Waals surface area (Å²) in [5, 5.41) is 0. The molecule has 10 nitrogen and oxygen atoms in total. The topological polar surface area (TPSA) is 114 Å². The molecule has 1 atom stereocenters. The molecule has 2 fully saturated rings. The Morgan fingerprint density at radius 3 is 2.59 bits per heavy atom. The van der Waals surface area contributed by atoms with E-state index in [1.54, 1.807) is 31.1 Å². The summed E-state index contributed by atoms with van der Waals surface area (Å²) in [6, 6.07) is 4.81. The van der Waals surface area contributed by atoms with Gasteiger partial charge in [0.05, 0.1) is 30.4 Å². The predicted molar refractivity (Wildman–Crippen MR) is 126 cm³/mol. The van der Waals surface area contributed by atoms with E-state index in [-0.39, 0.29) is 35.8 Å². The van der Waals surface area contributed by atoms with Gasteiger partial charge in [-0.25, -0.2) is 13.1 Å². The minimum absolute atomic E-state index is 0.00516. The second-order valence-electron chi connectivity index (χ2n) is 8.35. The number of sulfonamides is 1. The molecule has 1 aromatic rings. The number of ether oxygens (including phenoxy) is 3. The molecular weight excluding hydrogens is 462 g/mol. The second-order valence-corrected chi connectivity index (χ2v) is 10.1. The van der Waals surface area contributed by atoms with Gasteiger partial charge < -0.3 is 24.0 Å². The lowest BCUT2D eigenvalue weighted by molar-refractivity contribution is -0.143. The van der Waals surface area contributed by atoms with Crippen LogP contribution in [0.1, 0.15) is 39.0 Å². The number of carbonyl (C=O) groups is 2. The van der Waals surface area contributed by atoms with Crippen LogP contribution in [0.5, 0.6) is 5.75 Å². The SMILES string of the molecule is CCOC(=O)CCCC(=O)N1CCN(c2cc(S(=O)(=O)NCC3CCCO3)ccc2OC)CC1. The first-order chi connectivity index (χ1) is 16.3. The number of amides is 1. The van der Waals surface area contributed by atoms with Crippen LogP contribution in [-0.2, 0) is 29.1 Å². The Bertz CT molecular complexity index is 940. The lowest BCUT2D eigenvalue weighted by Gasteiger charge is -2.36. The van der Waals surface area contributed by atoms with E-state index in [0.717, 1.165) is 12.8 Å². The van der Waals surface area contributed by atoms with Gasteiger partial charge >= 0.3 is 5.97 Å². The smallest absolute Gasteiger partial charge is 0.305 e. The zero-order chi connectivity index (χ0) is 24.6. The highest BCUT2D eigenvalue weighted by Gasteiger charge is 2.26. The van der Waals surface area contributed by atoms with E-state index in [1.165, 1.54) is 6.07 Å². The summed E-state index contributed by atoms with van der Waals surface area (Å²) in [5.41, 5.74) is 0.678. The van der Waals surface area contributed by atoms with Crippen LogP contribution < -0.4 is 14.4 Å². The Labute approximate surface area is 201 Å². The number of nitrogens with one attached hydrogen (secondary N) is 1. The van der Waals surface area contributed by atoms with E-state index in [0.29, 0.717) is 63.7 Å². The Morgan fingerprint density at radius 2 is 1.94 bits per heavy atom. The van der Waals surface area contributed by atoms with Crippen LogP contribution in [0.25, 0.3) is 0 Å². The van der Waals surface area contributed by atoms with Crippen molar-refractivity contribution in [3.63, 3.8) is 0 Å². The molecule has 3 rings (SSSR count). The van der Waals surface area contributed by atoms with E-state index >= 15 is 0 Å². The highest BCUT2D eigenvalue weighted by atomic mass is 32.2. The van der Waals surface area contributed by atoms with Gasteiger partial charge in [0.2, 0.25) is 15.9 Å². The standard InChI is InChI=1S/C23H35N3O7S/c1-3-32-23(28)8-4-7-22(27)26-13-11-25(12-14-26)20-16-19(9-10-21(20)31-2)34(29,30)24-17-18-6-5-15-33-18/h9-10,16,18,24H,3-8,11-15,17H2,1-2H3. The Balaban J connectivity index is 1.58. The average Bonchev–Trinajstić information content (AvgIpc) is 3.36. The summed E-state index contributed by atoms with van der Waals surface area (Å²) in [6.07, 6.45) is 2.70. The van der Waals surface area contributed by atoms with Gasteiger partial charge in [-0.1, -0.05) is 0 Å². The minimum Gasteiger partial charge on any atom is -0.495 e. The molecule has 34 heavy (non-hydrogen) atoms. The van der Waals surface area contributed by atoms with E-state index in [2.05, 4.69) is 4.72 Å². The van der Waals surface area contributed by atoms with Gasteiger partial charge in [-0.2, -0.15) is 0 Å². The first-order valence-electron chi connectivity index (χ1n) is 11.8. The summed E-state index contributed by atoms with van der Waals surface area (Å²) in [5.74, 6) is 0.296. The van der Waals surface area contributed by atoms with E-state index in [9.17, 15) is 18.0 Å². The monoisotopic (exact) mass is 497 g/mol. The van der Waals surface area contributed by atoms with Gasteiger partial charge in [0.25, 0.3) is 0 Å². The highest BCUT2D eigenvalue weighted by molar-refractivity contribution is 7.89. The van der Waals surface area contributed by atoms with Gasteiger partial charge in [-0.3, -0.25) is 9.59 Å². The molecule has 2 heterocycles. The third-order valence-electron chi connectivity index (χ3n) is 6.04. The molecule has 1 N–H and O–H groups in total. The van der Waals surface area contributed by atoms with Gasteiger partial charge in [-0.15, -0.1) is 0 Å². The fourth-order valence-corrected chi connectivity index (χ4v) is 5.23. The number of nitrogens with zero attached hydrogens (tertiary/aromatic N) is 2. The fraction of sp³-hybridized carbons (Fsp3) is 0.652. The molecule has 2 aliphatic heterocycles. The van der Waals surface area contributed by atoms with Crippen molar-refractivity contribution >= 4 is 27.6 Å². The molecule has 0 aliphatic carbocycles. The molecule has 1 unspecified atom stereocenters. The molecule has 190 valence electrons. The molecule has 2 aliphatic rings. The fourth-order valence-electron chi connectivity index (χ4n) is 4.15. The minimum atomic E-state index is -3.69. The maximum Gasteiger partial charge on any atom is 0.305 e. The van der Waals surface area contributed by atoms with Crippen molar-refractivity contribution in [2.75, 3.05) is 57.9 Å². The highest BCUT2D eigenvalue weighted by Crippen LogP contribution is 2.32. The third kappa shape index (κ3) is 7.07. The largest absolute Gasteiger partial charge is 0.495 e. The third-order valence-corrected chi connectivity index (χ3v) is 7.46. The van der Waals surface area contributed by atoms with Gasteiger partial charge in [0.1, 0.15) is 5.75 Å². The predicted octanol–water partition coefficient (Wildman–Crippen LogP) is 1.53. The molecule has 11 heteroatoms. The molecule has 2 saturated heterocycles. The normalized spacial score (nSPS) is 18.7. The Hall–Kier alpha value is -2.37. The second kappa shape index (κ2) is 12.4. The van der Waals surface area contributed by atoms with Crippen molar-refractivity contribution in [2.45, 2.75) is 50.0 Å². The summed E-state index contributed by atoms with van der Waals surface area (Å²) < 4.78 is 44.2. The number of esters is 1. The number of methoxy groups -OCH3 is 1. The lowest BCUT2D eigenvalue weighted by atomic mass is 10.2. The number of rotatable bonds is 11. The molecular formula is C23H35N3O7S. The molecule has 0 radical (unpaired) electrons. The number of piperazine rings is 1. The zero-order valence-electron chi connectivity index (χ0n) is 20.0. The van der Waals surface area contributed by atoms with Crippen LogP contribution in [0.3, 0.4) is 0 Å². The first-order valence-corrected chi connectivity index (χ1v) is 13.3. The summed E-state index contributed by atoms with van der Waals surface area (Å²) in [6.45, 7) is 5.13. The molecule has 0 spiro atoms. The zero-order valence-corrected chi connectivity index (χ0v) is 20.8. The van der Waals surface area contributed by atoms with Gasteiger partial charge in [0.15, 0.2) is 0 Å². The van der Waals surface area contributed by atoms with Crippen LogP contribution in [0.2, 0.25) is 0 Å². The number of hydrogen-bond donors (Lipinski definition) is 1. The lowest BCUT2D eigenvalue weighted by Crippen LogP contribution is -2.48. The van der Waals surface area contributed by atoms with Crippen molar-refractivity contribution in [2.24, 2.45) is 0 Å². The number of carbonyl (C=O) groups excluding carboxylic acids is 2. The van der Waals surface area contributed by atoms with E-state index < -0.39 is 10.0 Å². The van der Waals surface area contributed by atoms with Crippen LogP contribution in [0.15, 0.2) is 23.1 Å². The van der Waals surface area contributed by atoms with Crippen molar-refractivity contribution < 1.29 is 32.2 Å². The van der Waals surface area contributed by atoms with Crippen LogP contribution in [0.4, 0.5) is 5.69 Å². The molecule has 0 aromatic heterocycles. The van der Waals surface area contributed by atoms with Gasteiger partial charge in [-0.05, 0) is 44.4 Å². The van der Waals surface area contributed by atoms with E-state index in [4.69, 9.17) is 14.2 Å². The van der Waals surface area contributed by atoms with Crippen LogP contribution in [-0.4, -0.2) is 84.3 Å². The number of anilines is 1. The van der Waals surface area contributed by atoms with Crippen molar-refractivity contribution in [1.82, 2.24) is 9.62 Å². The van der Waals surface area contributed by atoms with Crippen LogP contribution >= 0.6 is 0 Å². The number of hydrogen-bond acceptors (Lipinski definition) is 8. The average molecular weight is 498 g/mol. The molecule has 0 saturated carbocycles. The number of benzene rings is 1. The van der Waals surface area contributed by atoms with Crippen LogP contribution in [0, 0.1) is 0 Å². The Kier molecular flexibility index (Phi) is 9.54. The van der Waals surface area contributed by atoms with Crippen molar-refractivity contribution in [1.29, 1.82) is 0 Å². The summed E-state index contributed by atoms with van der Waals surface area (Å²) in [4.78, 5) is 27.9. The maximum atomic E-state index is 12.8. The molecule has 1 aromatic carbocycles. The summed E-state index contributed by atoms with van der Waals surface area (Å²) >= 11 is 0. The Morgan fingerprint density at radius 1 is 1.18 bits per heavy atom. The molecule has 1 amide bonds. The van der Waals surface area contributed by atoms with Crippen molar-refractivity contribution in [3.8, 4) is 5.75 Å². The first kappa shape index (κ1) is 26.2. The van der Waals surface area contributed by atoms with Crippen molar-refractivity contribution in [3.05, 3.63) is 18.2 Å². The molecule has 0 bridgehead atoms. The maximum absolute atomic E-state index is 12.8. The van der Waals surface area contributed by atoms with Gasteiger partial charge in [0, 0.05) is 52.2 Å². The van der Waals surface area contributed by atoms with E-state index in [1.807, 2.05) is 4.90 Å².